The molecule has 2 aliphatic heterocycles. The topological polar surface area (TPSA) is 215 Å². The lowest BCUT2D eigenvalue weighted by Crippen LogP contribution is -2.43. The zero-order valence-corrected chi connectivity index (χ0v) is 34.4. The number of rotatable bonds is 19. The monoisotopic (exact) mass is 818 g/mol. The van der Waals surface area contributed by atoms with Gasteiger partial charge < -0.3 is 39.4 Å². The minimum atomic E-state index is -1.06. The van der Waals surface area contributed by atoms with E-state index < -0.39 is 36.1 Å². The van der Waals surface area contributed by atoms with Crippen molar-refractivity contribution in [3.05, 3.63) is 77.9 Å². The van der Waals surface area contributed by atoms with E-state index in [9.17, 15) is 33.6 Å². The number of amides is 2. The highest BCUT2D eigenvalue weighted by Gasteiger charge is 2.27. The molecule has 2 atom stereocenters. The van der Waals surface area contributed by atoms with Crippen LogP contribution >= 0.6 is 0 Å². The fourth-order valence-electron chi connectivity index (χ4n) is 5.11. The van der Waals surface area contributed by atoms with Gasteiger partial charge in [-0.1, -0.05) is 24.3 Å². The number of hydrogen-bond acceptors (Lipinski definition) is 13. The van der Waals surface area contributed by atoms with Gasteiger partial charge in [0.25, 0.3) is 13.4 Å². The zero-order valence-electron chi connectivity index (χ0n) is 34.4. The number of carbonyl (C=O) groups excluding carboxylic acids is 7. The fraction of sp³-hybridized carbons (Fsp3) is 0.405. The minimum Gasteiger partial charge on any atom is -0.461 e. The van der Waals surface area contributed by atoms with E-state index >= 15 is 0 Å². The van der Waals surface area contributed by atoms with Crippen molar-refractivity contribution in [2.45, 2.75) is 97.1 Å². The number of alkyl carbamates (subject to hydrolysis) is 1. The van der Waals surface area contributed by atoms with E-state index in [2.05, 4.69) is 33.4 Å². The summed E-state index contributed by atoms with van der Waals surface area (Å²) in [6.07, 6.45) is 12.6. The Bertz CT molecular complexity index is 1900. The van der Waals surface area contributed by atoms with E-state index in [-0.39, 0.29) is 62.0 Å². The third-order valence-corrected chi connectivity index (χ3v) is 7.83. The van der Waals surface area contributed by atoms with Crippen LogP contribution in [0.15, 0.2) is 72.4 Å². The van der Waals surface area contributed by atoms with E-state index in [1.165, 1.54) is 0 Å². The number of ether oxygens (including phenoxy) is 4. The molecule has 17 heteroatoms. The highest BCUT2D eigenvalue weighted by molar-refractivity contribution is 6.27. The minimum absolute atomic E-state index is 0.0214. The van der Waals surface area contributed by atoms with Crippen molar-refractivity contribution in [3.8, 4) is 5.75 Å². The van der Waals surface area contributed by atoms with Crippen LogP contribution in [0.5, 0.6) is 5.75 Å². The zero-order chi connectivity index (χ0) is 43.9. The predicted octanol–water partition coefficient (Wildman–Crippen LogP) is 2.40. The van der Waals surface area contributed by atoms with Gasteiger partial charge in [-0.05, 0) is 77.1 Å². The molecule has 0 aromatic heterocycles. The Hall–Kier alpha value is -6.83. The number of hydrogen-bond donors (Lipinski definition) is 2. The van der Waals surface area contributed by atoms with E-state index in [0.29, 0.717) is 35.3 Å². The second-order valence-electron chi connectivity index (χ2n) is 13.8. The molecule has 3 rings (SSSR count). The number of allylic oxidation sites excluding steroid dienone is 2. The van der Waals surface area contributed by atoms with E-state index in [1.54, 1.807) is 74.2 Å². The van der Waals surface area contributed by atoms with Gasteiger partial charge in [-0.3, -0.25) is 14.4 Å². The Morgan fingerprint density at radius 3 is 1.68 bits per heavy atom. The van der Waals surface area contributed by atoms with Crippen LogP contribution in [-0.4, -0.2) is 116 Å². The maximum absolute atomic E-state index is 12.3. The van der Waals surface area contributed by atoms with Crippen molar-refractivity contribution >= 4 is 67.3 Å². The standard InChI is InChI=1S/C25H29N3O7.C17H23N3O4/c1-17(2)34-24(31)22(12-9-20(29)14-26-3)27-25(32)33-16-18-7-10-21(11-8-18)35-23(30)19-6-5-13-28(4)15-19;1-12(2)24-17(23)15(8-7-14(21)10-18-3)19-16(22)13-6-5-9-20(4)11-13/h5,7-8,10-11,13-15,17,22H,3,6,9,12,16H2,1-2,4H3;5,9-12,15H,3,6-8H2,1-2,4H3/p+2/t22-;15-/m00/s1. The summed E-state index contributed by atoms with van der Waals surface area (Å²) in [4.78, 5) is 88.1. The molecule has 2 amide bonds. The molecule has 2 N–H and O–H groups in total. The Morgan fingerprint density at radius 2 is 1.20 bits per heavy atom. The van der Waals surface area contributed by atoms with Gasteiger partial charge in [-0.2, -0.15) is 0 Å². The molecule has 1 aromatic carbocycles. The van der Waals surface area contributed by atoms with Crippen LogP contribution in [-0.2, 0) is 49.6 Å². The largest absolute Gasteiger partial charge is 0.461 e. The second kappa shape index (κ2) is 25.4. The van der Waals surface area contributed by atoms with E-state index in [4.69, 9.17) is 18.9 Å². The second-order valence-corrected chi connectivity index (χ2v) is 13.8. The summed E-state index contributed by atoms with van der Waals surface area (Å²) < 4.78 is 27.7. The summed E-state index contributed by atoms with van der Waals surface area (Å²) in [5.74, 6) is -2.26. The molecule has 316 valence electrons. The number of esters is 3. The first-order valence-electron chi connectivity index (χ1n) is 18.8. The Kier molecular flexibility index (Phi) is 20.8. The van der Waals surface area contributed by atoms with E-state index in [0.717, 1.165) is 12.4 Å². The first-order valence-corrected chi connectivity index (χ1v) is 18.8. The molecule has 0 saturated carbocycles. The number of ketones is 2. The maximum Gasteiger partial charge on any atom is 0.408 e. The molecular formula is C42H54N6O11+2. The lowest BCUT2D eigenvalue weighted by atomic mass is 10.1. The first kappa shape index (κ1) is 48.3. The van der Waals surface area contributed by atoms with Crippen LogP contribution in [0, 0.1) is 0 Å². The van der Waals surface area contributed by atoms with Crippen LogP contribution < -0.4 is 24.7 Å². The maximum atomic E-state index is 12.3. The fourth-order valence-corrected chi connectivity index (χ4v) is 5.11. The van der Waals surface area contributed by atoms with Crippen molar-refractivity contribution < 1.29 is 52.5 Å². The summed E-state index contributed by atoms with van der Waals surface area (Å²) in [5.41, 5.74) is 1.71. The van der Waals surface area contributed by atoms with Crippen LogP contribution in [0.25, 0.3) is 0 Å². The van der Waals surface area contributed by atoms with Crippen molar-refractivity contribution in [2.24, 2.45) is 0 Å². The molecule has 2 heterocycles. The molecule has 0 bridgehead atoms. The molecule has 0 unspecified atom stereocenters. The van der Waals surface area contributed by atoms with Crippen LogP contribution in [0.4, 0.5) is 4.79 Å². The third kappa shape index (κ3) is 19.2. The van der Waals surface area contributed by atoms with Gasteiger partial charge in [0.1, 0.15) is 24.4 Å². The van der Waals surface area contributed by atoms with E-state index in [1.807, 2.05) is 38.6 Å². The van der Waals surface area contributed by atoms with Gasteiger partial charge in [0.15, 0.2) is 0 Å². The summed E-state index contributed by atoms with van der Waals surface area (Å²) >= 11 is 0. The molecule has 1 aromatic rings. The summed E-state index contributed by atoms with van der Waals surface area (Å²) in [6.45, 7) is 13.1. The molecule has 0 radical (unpaired) electrons. The Morgan fingerprint density at radius 1 is 0.729 bits per heavy atom. The molecule has 2 aliphatic rings. The average molecular weight is 819 g/mol. The van der Waals surface area contributed by atoms with Gasteiger partial charge in [0, 0.05) is 51.3 Å². The first-order chi connectivity index (χ1) is 28.0. The predicted molar refractivity (Wildman–Crippen MR) is 222 cm³/mol. The molecule has 17 nitrogen and oxygen atoms in total. The number of benzene rings is 1. The number of carbonyl (C=O) groups is 7. The molecule has 0 fully saturated rings. The highest BCUT2D eigenvalue weighted by atomic mass is 16.6. The average Bonchev–Trinajstić information content (AvgIpc) is 3.17. The SMILES string of the molecule is C=[N+]=CC(=O)CC[C@H](NC(=O)C1=CN(C)C=CC1)C(=O)OC(C)C.C=[N+]=CC(=O)CC[C@H](NC(=O)OCc1ccc(OC(=O)C2=CN(C)C=CC2)cc1)C(=O)OC(C)C. The Balaban J connectivity index is 0.000000437. The van der Waals surface area contributed by atoms with Crippen LogP contribution in [0.2, 0.25) is 0 Å². The van der Waals surface area contributed by atoms with Gasteiger partial charge in [0.05, 0.1) is 17.8 Å². The van der Waals surface area contributed by atoms with Crippen LogP contribution in [0.3, 0.4) is 0 Å². The molecule has 59 heavy (non-hydrogen) atoms. The number of nitrogens with one attached hydrogen (secondary N) is 2. The Labute approximate surface area is 343 Å². The smallest absolute Gasteiger partial charge is 0.408 e. The third-order valence-electron chi connectivity index (χ3n) is 7.83. The van der Waals surface area contributed by atoms with Crippen molar-refractivity contribution in [1.82, 2.24) is 29.8 Å². The molecule has 0 saturated heterocycles. The lowest BCUT2D eigenvalue weighted by Gasteiger charge is -2.21. The normalized spacial score (nSPS) is 13.8. The highest BCUT2D eigenvalue weighted by Crippen LogP contribution is 2.18. The lowest BCUT2D eigenvalue weighted by molar-refractivity contribution is -0.151. The van der Waals surface area contributed by atoms with Gasteiger partial charge in [-0.15, -0.1) is 9.34 Å². The van der Waals surface area contributed by atoms with Crippen molar-refractivity contribution in [3.63, 3.8) is 0 Å². The van der Waals surface area contributed by atoms with Gasteiger partial charge >= 0.3 is 36.4 Å². The molecule has 0 spiro atoms. The number of Topliss-reactive ketones (excluding diaryl/α,β-unsaturated/α-hetero) is 2. The molecule has 0 aliphatic carbocycles. The quantitative estimate of drug-likeness (QED) is 0.0676. The van der Waals surface area contributed by atoms with Crippen molar-refractivity contribution in [2.75, 3.05) is 14.1 Å². The van der Waals surface area contributed by atoms with Crippen LogP contribution in [0.1, 0.15) is 71.8 Å². The van der Waals surface area contributed by atoms with Crippen molar-refractivity contribution in [1.29, 1.82) is 0 Å². The summed E-state index contributed by atoms with van der Waals surface area (Å²) in [7, 11) is 3.63. The number of nitrogens with zero attached hydrogens (tertiary/aromatic N) is 4. The van der Waals surface area contributed by atoms with Gasteiger partial charge in [0.2, 0.25) is 17.5 Å². The molecular weight excluding hydrogens is 764 g/mol. The van der Waals surface area contributed by atoms with Gasteiger partial charge in [-0.25, -0.2) is 19.2 Å². The summed E-state index contributed by atoms with van der Waals surface area (Å²) in [6, 6.07) is 4.54. The summed E-state index contributed by atoms with van der Waals surface area (Å²) in [5, 5.41) is 5.09.